The van der Waals surface area contributed by atoms with Crippen LogP contribution in [0.3, 0.4) is 0 Å². The van der Waals surface area contributed by atoms with Crippen LogP contribution in [0.2, 0.25) is 0 Å². The van der Waals surface area contributed by atoms with E-state index >= 15 is 0 Å². The van der Waals surface area contributed by atoms with Crippen molar-refractivity contribution in [1.29, 1.82) is 0 Å². The Morgan fingerprint density at radius 3 is 2.40 bits per heavy atom. The van der Waals surface area contributed by atoms with Crippen LogP contribution in [0.1, 0.15) is 38.7 Å². The molecule has 0 aliphatic rings. The number of hydrogen-bond acceptors (Lipinski definition) is 4. The smallest absolute Gasteiger partial charge is 0.326 e. The van der Waals surface area contributed by atoms with Crippen molar-refractivity contribution in [3.8, 4) is 5.75 Å². The van der Waals surface area contributed by atoms with Crippen LogP contribution in [0.4, 0.5) is 0 Å². The standard InChI is InChI=1S/C16H25NO3/c1-5-10-17-15(16(18)19-4)11-20-14-8-6-13(7-9-14)12(2)3/h6-9,12,15,17H,5,10-11H2,1-4H3. The van der Waals surface area contributed by atoms with Crippen molar-refractivity contribution in [2.75, 3.05) is 20.3 Å². The first-order valence-electron chi connectivity index (χ1n) is 7.12. The quantitative estimate of drug-likeness (QED) is 0.743. The zero-order chi connectivity index (χ0) is 15.0. The third kappa shape index (κ3) is 5.21. The fourth-order valence-electron chi connectivity index (χ4n) is 1.80. The normalized spacial score (nSPS) is 12.2. The Morgan fingerprint density at radius 2 is 1.90 bits per heavy atom. The maximum Gasteiger partial charge on any atom is 0.326 e. The number of esters is 1. The molecular formula is C16H25NO3. The van der Waals surface area contributed by atoms with Crippen LogP contribution in [0.25, 0.3) is 0 Å². The molecule has 1 aromatic rings. The number of carbonyl (C=O) groups excluding carboxylic acids is 1. The Morgan fingerprint density at radius 1 is 1.25 bits per heavy atom. The molecule has 0 bridgehead atoms. The van der Waals surface area contributed by atoms with Crippen molar-refractivity contribution in [3.05, 3.63) is 29.8 Å². The fraction of sp³-hybridized carbons (Fsp3) is 0.562. The monoisotopic (exact) mass is 279 g/mol. The minimum atomic E-state index is -0.426. The SMILES string of the molecule is CCCNC(COc1ccc(C(C)C)cc1)C(=O)OC. The van der Waals surface area contributed by atoms with Crippen molar-refractivity contribution >= 4 is 5.97 Å². The van der Waals surface area contributed by atoms with E-state index in [-0.39, 0.29) is 12.6 Å². The van der Waals surface area contributed by atoms with Crippen LogP contribution in [-0.4, -0.2) is 32.3 Å². The molecule has 0 heterocycles. The molecule has 20 heavy (non-hydrogen) atoms. The van der Waals surface area contributed by atoms with E-state index in [2.05, 4.69) is 19.2 Å². The number of rotatable bonds is 8. The first-order chi connectivity index (χ1) is 9.58. The average Bonchev–Trinajstić information content (AvgIpc) is 2.47. The molecule has 0 amide bonds. The van der Waals surface area contributed by atoms with E-state index in [4.69, 9.17) is 9.47 Å². The van der Waals surface area contributed by atoms with Crippen molar-refractivity contribution < 1.29 is 14.3 Å². The molecule has 4 nitrogen and oxygen atoms in total. The maximum absolute atomic E-state index is 11.6. The molecule has 0 aliphatic carbocycles. The molecule has 1 N–H and O–H groups in total. The predicted molar refractivity (Wildman–Crippen MR) is 80.1 cm³/mol. The Balaban J connectivity index is 2.55. The van der Waals surface area contributed by atoms with E-state index < -0.39 is 6.04 Å². The molecule has 0 fully saturated rings. The van der Waals surface area contributed by atoms with E-state index in [0.717, 1.165) is 18.7 Å². The summed E-state index contributed by atoms with van der Waals surface area (Å²) in [5, 5.41) is 3.12. The summed E-state index contributed by atoms with van der Waals surface area (Å²) in [6.07, 6.45) is 0.955. The lowest BCUT2D eigenvalue weighted by atomic mass is 10.0. The highest BCUT2D eigenvalue weighted by atomic mass is 16.5. The van der Waals surface area contributed by atoms with Gasteiger partial charge < -0.3 is 14.8 Å². The molecule has 0 aromatic heterocycles. The molecule has 4 heteroatoms. The molecule has 0 aliphatic heterocycles. The maximum atomic E-state index is 11.6. The van der Waals surface area contributed by atoms with Gasteiger partial charge in [0.05, 0.1) is 7.11 Å². The van der Waals surface area contributed by atoms with Crippen LogP contribution in [0.5, 0.6) is 5.75 Å². The van der Waals surface area contributed by atoms with Crippen molar-refractivity contribution in [1.82, 2.24) is 5.32 Å². The molecule has 1 aromatic carbocycles. The van der Waals surface area contributed by atoms with Gasteiger partial charge in [0.1, 0.15) is 18.4 Å². The van der Waals surface area contributed by atoms with Crippen molar-refractivity contribution in [3.63, 3.8) is 0 Å². The lowest BCUT2D eigenvalue weighted by molar-refractivity contribution is -0.143. The summed E-state index contributed by atoms with van der Waals surface area (Å²) in [4.78, 5) is 11.6. The van der Waals surface area contributed by atoms with Crippen LogP contribution in [0, 0.1) is 0 Å². The first-order valence-corrected chi connectivity index (χ1v) is 7.12. The highest BCUT2D eigenvalue weighted by molar-refractivity contribution is 5.75. The largest absolute Gasteiger partial charge is 0.491 e. The Hall–Kier alpha value is -1.55. The van der Waals surface area contributed by atoms with Crippen LogP contribution >= 0.6 is 0 Å². The molecule has 1 unspecified atom stereocenters. The summed E-state index contributed by atoms with van der Waals surface area (Å²) < 4.78 is 10.4. The summed E-state index contributed by atoms with van der Waals surface area (Å²) in [6, 6.07) is 7.54. The predicted octanol–water partition coefficient (Wildman–Crippen LogP) is 2.73. The molecule has 112 valence electrons. The van der Waals surface area contributed by atoms with E-state index in [1.54, 1.807) is 0 Å². The van der Waals surface area contributed by atoms with E-state index in [1.807, 2.05) is 31.2 Å². The average molecular weight is 279 g/mol. The third-order valence-corrected chi connectivity index (χ3v) is 3.09. The molecule has 1 rings (SSSR count). The number of methoxy groups -OCH3 is 1. The fourth-order valence-corrected chi connectivity index (χ4v) is 1.80. The summed E-state index contributed by atoms with van der Waals surface area (Å²) in [5.41, 5.74) is 1.27. The second-order valence-corrected chi connectivity index (χ2v) is 5.06. The van der Waals surface area contributed by atoms with Gasteiger partial charge in [-0.25, -0.2) is 0 Å². The first kappa shape index (κ1) is 16.5. The highest BCUT2D eigenvalue weighted by Crippen LogP contribution is 2.18. The number of hydrogen-bond donors (Lipinski definition) is 1. The van der Waals surface area contributed by atoms with Gasteiger partial charge in [-0.3, -0.25) is 4.79 Å². The summed E-state index contributed by atoms with van der Waals surface area (Å²) in [5.74, 6) is 0.969. The lowest BCUT2D eigenvalue weighted by Gasteiger charge is -2.17. The summed E-state index contributed by atoms with van der Waals surface area (Å²) >= 11 is 0. The lowest BCUT2D eigenvalue weighted by Crippen LogP contribution is -2.42. The number of nitrogens with one attached hydrogen (secondary N) is 1. The van der Waals surface area contributed by atoms with E-state index in [1.165, 1.54) is 12.7 Å². The van der Waals surface area contributed by atoms with E-state index in [0.29, 0.717) is 5.92 Å². The van der Waals surface area contributed by atoms with Gasteiger partial charge in [0, 0.05) is 0 Å². The Bertz CT molecular complexity index is 401. The molecular weight excluding hydrogens is 254 g/mol. The van der Waals surface area contributed by atoms with Gasteiger partial charge in [-0.05, 0) is 36.6 Å². The van der Waals surface area contributed by atoms with Gasteiger partial charge in [-0.1, -0.05) is 32.9 Å². The molecule has 1 atom stereocenters. The van der Waals surface area contributed by atoms with Gasteiger partial charge in [0.25, 0.3) is 0 Å². The van der Waals surface area contributed by atoms with Crippen molar-refractivity contribution in [2.45, 2.75) is 39.2 Å². The molecule has 0 saturated heterocycles. The Kier molecular flexibility index (Phi) is 7.09. The number of benzene rings is 1. The van der Waals surface area contributed by atoms with Crippen LogP contribution in [-0.2, 0) is 9.53 Å². The highest BCUT2D eigenvalue weighted by Gasteiger charge is 2.18. The van der Waals surface area contributed by atoms with Gasteiger partial charge in [0.15, 0.2) is 0 Å². The van der Waals surface area contributed by atoms with Crippen LogP contribution in [0.15, 0.2) is 24.3 Å². The Labute approximate surface area is 121 Å². The minimum Gasteiger partial charge on any atom is -0.491 e. The molecule has 0 radical (unpaired) electrons. The summed E-state index contributed by atoms with van der Waals surface area (Å²) in [6.45, 7) is 7.38. The zero-order valence-electron chi connectivity index (χ0n) is 12.8. The van der Waals surface area contributed by atoms with Crippen molar-refractivity contribution in [2.24, 2.45) is 0 Å². The summed E-state index contributed by atoms with van der Waals surface area (Å²) in [7, 11) is 1.39. The second kappa shape index (κ2) is 8.59. The number of carbonyl (C=O) groups is 1. The second-order valence-electron chi connectivity index (χ2n) is 5.06. The minimum absolute atomic E-state index is 0.272. The van der Waals surface area contributed by atoms with Gasteiger partial charge >= 0.3 is 5.97 Å². The van der Waals surface area contributed by atoms with Gasteiger partial charge in [0.2, 0.25) is 0 Å². The van der Waals surface area contributed by atoms with Gasteiger partial charge in [-0.15, -0.1) is 0 Å². The third-order valence-electron chi connectivity index (χ3n) is 3.09. The molecule has 0 saturated carbocycles. The van der Waals surface area contributed by atoms with Crippen LogP contribution < -0.4 is 10.1 Å². The molecule has 0 spiro atoms. The zero-order valence-corrected chi connectivity index (χ0v) is 12.8. The van der Waals surface area contributed by atoms with Gasteiger partial charge in [-0.2, -0.15) is 0 Å². The topological polar surface area (TPSA) is 47.6 Å². The van der Waals surface area contributed by atoms with E-state index in [9.17, 15) is 4.79 Å². The number of ether oxygens (including phenoxy) is 2.